The number of aryl methyl sites for hydroxylation is 1. The molecule has 0 fully saturated rings. The maximum atomic E-state index is 4.25. The van der Waals surface area contributed by atoms with Crippen LogP contribution in [0.25, 0.3) is 0 Å². The van der Waals surface area contributed by atoms with Gasteiger partial charge in [-0.1, -0.05) is 13.8 Å². The average molecular weight is 210 g/mol. The van der Waals surface area contributed by atoms with Crippen molar-refractivity contribution in [2.24, 2.45) is 0 Å². The minimum Gasteiger partial charge on any atom is -0.305 e. The van der Waals surface area contributed by atoms with E-state index in [0.29, 0.717) is 0 Å². The van der Waals surface area contributed by atoms with E-state index in [1.54, 1.807) is 6.33 Å². The van der Waals surface area contributed by atoms with Crippen LogP contribution in [0.1, 0.15) is 46.4 Å². The fourth-order valence-electron chi connectivity index (χ4n) is 1.48. The minimum absolute atomic E-state index is 0.213. The van der Waals surface area contributed by atoms with Gasteiger partial charge in [-0.25, -0.2) is 9.67 Å². The summed E-state index contributed by atoms with van der Waals surface area (Å²) in [6.07, 6.45) is 3.88. The first kappa shape index (κ1) is 12.2. The van der Waals surface area contributed by atoms with E-state index in [4.69, 9.17) is 0 Å². The van der Waals surface area contributed by atoms with Crippen LogP contribution in [0, 0.1) is 0 Å². The molecule has 0 aliphatic carbocycles. The van der Waals surface area contributed by atoms with Gasteiger partial charge in [0.05, 0.1) is 6.54 Å². The lowest BCUT2D eigenvalue weighted by atomic mass is 9.96. The summed E-state index contributed by atoms with van der Waals surface area (Å²) in [6, 6.07) is 0. The third kappa shape index (κ3) is 3.02. The molecule has 0 spiro atoms. The third-order valence-corrected chi connectivity index (χ3v) is 3.23. The van der Waals surface area contributed by atoms with Crippen LogP contribution in [0.15, 0.2) is 6.33 Å². The molecule has 86 valence electrons. The van der Waals surface area contributed by atoms with E-state index in [1.165, 1.54) is 0 Å². The number of nitrogens with zero attached hydrogens (tertiary/aromatic N) is 3. The predicted octanol–water partition coefficient (Wildman–Crippen LogP) is 1.97. The highest BCUT2D eigenvalue weighted by molar-refractivity contribution is 4.88. The summed E-state index contributed by atoms with van der Waals surface area (Å²) in [5.41, 5.74) is 0.213. The molecule has 0 aliphatic heterocycles. The summed E-state index contributed by atoms with van der Waals surface area (Å²) in [7, 11) is 0. The van der Waals surface area contributed by atoms with Crippen LogP contribution in [-0.2, 0) is 13.1 Å². The molecular formula is C11H22N4. The molecule has 0 unspecified atom stereocenters. The Morgan fingerprint density at radius 1 is 1.33 bits per heavy atom. The topological polar surface area (TPSA) is 42.7 Å². The van der Waals surface area contributed by atoms with Crippen LogP contribution >= 0.6 is 0 Å². The maximum absolute atomic E-state index is 4.25. The van der Waals surface area contributed by atoms with E-state index in [1.807, 2.05) is 4.68 Å². The van der Waals surface area contributed by atoms with Crippen LogP contribution in [0.5, 0.6) is 0 Å². The molecule has 1 aromatic rings. The Morgan fingerprint density at radius 3 is 2.53 bits per heavy atom. The second kappa shape index (κ2) is 5.26. The monoisotopic (exact) mass is 210 g/mol. The molecule has 1 N–H and O–H groups in total. The van der Waals surface area contributed by atoms with E-state index >= 15 is 0 Å². The van der Waals surface area contributed by atoms with E-state index in [2.05, 4.69) is 43.1 Å². The number of hydrogen-bond acceptors (Lipinski definition) is 3. The SMILES string of the molecule is CCn1ncnc1CNC(C)(CC)CC. The van der Waals surface area contributed by atoms with Gasteiger partial charge in [0.15, 0.2) is 0 Å². The fraction of sp³-hybridized carbons (Fsp3) is 0.818. The van der Waals surface area contributed by atoms with Gasteiger partial charge in [0.1, 0.15) is 12.2 Å². The van der Waals surface area contributed by atoms with Crippen molar-refractivity contribution in [1.29, 1.82) is 0 Å². The van der Waals surface area contributed by atoms with Gasteiger partial charge >= 0.3 is 0 Å². The molecule has 0 saturated heterocycles. The van der Waals surface area contributed by atoms with E-state index in [9.17, 15) is 0 Å². The van der Waals surface area contributed by atoms with Crippen molar-refractivity contribution < 1.29 is 0 Å². The molecular weight excluding hydrogens is 188 g/mol. The van der Waals surface area contributed by atoms with Crippen molar-refractivity contribution in [3.8, 4) is 0 Å². The Kier molecular flexibility index (Phi) is 4.27. The number of rotatable bonds is 6. The van der Waals surface area contributed by atoms with E-state index < -0.39 is 0 Å². The molecule has 0 amide bonds. The van der Waals surface area contributed by atoms with Gasteiger partial charge in [0.25, 0.3) is 0 Å². The smallest absolute Gasteiger partial charge is 0.140 e. The Balaban J connectivity index is 2.56. The van der Waals surface area contributed by atoms with Crippen molar-refractivity contribution in [2.75, 3.05) is 0 Å². The summed E-state index contributed by atoms with van der Waals surface area (Å²) in [5.74, 6) is 1.02. The molecule has 0 radical (unpaired) electrons. The van der Waals surface area contributed by atoms with Gasteiger partial charge in [-0.15, -0.1) is 0 Å². The van der Waals surface area contributed by atoms with Crippen molar-refractivity contribution in [2.45, 2.75) is 59.2 Å². The lowest BCUT2D eigenvalue weighted by Gasteiger charge is -2.28. The number of hydrogen-bond donors (Lipinski definition) is 1. The largest absolute Gasteiger partial charge is 0.305 e. The number of nitrogens with one attached hydrogen (secondary N) is 1. The zero-order valence-electron chi connectivity index (χ0n) is 10.2. The standard InChI is InChI=1S/C11H22N4/c1-5-11(4,6-2)13-8-10-12-9-14-15(10)7-3/h9,13H,5-8H2,1-4H3. The third-order valence-electron chi connectivity index (χ3n) is 3.23. The van der Waals surface area contributed by atoms with Crippen molar-refractivity contribution >= 4 is 0 Å². The highest BCUT2D eigenvalue weighted by atomic mass is 15.3. The van der Waals surface area contributed by atoms with Gasteiger partial charge in [0, 0.05) is 12.1 Å². The summed E-state index contributed by atoms with van der Waals surface area (Å²) < 4.78 is 1.93. The first-order valence-corrected chi connectivity index (χ1v) is 5.77. The van der Waals surface area contributed by atoms with Gasteiger partial charge in [-0.2, -0.15) is 5.10 Å². The molecule has 0 aliphatic rings. The second-order valence-corrected chi connectivity index (χ2v) is 4.11. The minimum atomic E-state index is 0.213. The van der Waals surface area contributed by atoms with Gasteiger partial charge in [0.2, 0.25) is 0 Å². The Bertz CT molecular complexity index is 289. The lowest BCUT2D eigenvalue weighted by molar-refractivity contribution is 0.322. The van der Waals surface area contributed by atoms with Gasteiger partial charge < -0.3 is 5.32 Å². The maximum Gasteiger partial charge on any atom is 0.140 e. The second-order valence-electron chi connectivity index (χ2n) is 4.11. The number of aromatic nitrogens is 3. The van der Waals surface area contributed by atoms with Crippen molar-refractivity contribution in [1.82, 2.24) is 20.1 Å². The molecule has 0 atom stereocenters. The summed E-state index contributed by atoms with van der Waals surface area (Å²) in [4.78, 5) is 4.25. The highest BCUT2D eigenvalue weighted by Crippen LogP contribution is 2.14. The Labute approximate surface area is 92.1 Å². The molecule has 1 rings (SSSR count). The van der Waals surface area contributed by atoms with Crippen LogP contribution in [0.2, 0.25) is 0 Å². The fourth-order valence-corrected chi connectivity index (χ4v) is 1.48. The van der Waals surface area contributed by atoms with Crippen molar-refractivity contribution in [3.63, 3.8) is 0 Å². The molecule has 1 aromatic heterocycles. The molecule has 4 nitrogen and oxygen atoms in total. The quantitative estimate of drug-likeness (QED) is 0.780. The first-order chi connectivity index (χ1) is 7.15. The predicted molar refractivity (Wildman–Crippen MR) is 61.5 cm³/mol. The molecule has 15 heavy (non-hydrogen) atoms. The summed E-state index contributed by atoms with van der Waals surface area (Å²) in [6.45, 7) is 10.4. The normalized spacial score (nSPS) is 12.0. The summed E-state index contributed by atoms with van der Waals surface area (Å²) in [5, 5.41) is 7.70. The van der Waals surface area contributed by atoms with Gasteiger partial charge in [-0.05, 0) is 26.7 Å². The first-order valence-electron chi connectivity index (χ1n) is 5.77. The van der Waals surface area contributed by atoms with Crippen molar-refractivity contribution in [3.05, 3.63) is 12.2 Å². The lowest BCUT2D eigenvalue weighted by Crippen LogP contribution is -2.41. The Morgan fingerprint density at radius 2 is 2.00 bits per heavy atom. The molecule has 0 saturated carbocycles. The highest BCUT2D eigenvalue weighted by Gasteiger charge is 2.19. The van der Waals surface area contributed by atoms with Crippen LogP contribution < -0.4 is 5.32 Å². The van der Waals surface area contributed by atoms with Gasteiger partial charge in [-0.3, -0.25) is 0 Å². The molecule has 4 heteroatoms. The van der Waals surface area contributed by atoms with E-state index in [0.717, 1.165) is 31.8 Å². The molecule has 1 heterocycles. The van der Waals surface area contributed by atoms with Crippen LogP contribution in [-0.4, -0.2) is 20.3 Å². The zero-order valence-corrected chi connectivity index (χ0v) is 10.2. The average Bonchev–Trinajstić information content (AvgIpc) is 2.73. The molecule has 0 aromatic carbocycles. The van der Waals surface area contributed by atoms with E-state index in [-0.39, 0.29) is 5.54 Å². The zero-order chi connectivity index (χ0) is 11.3. The Hall–Kier alpha value is -0.900. The van der Waals surface area contributed by atoms with Crippen LogP contribution in [0.3, 0.4) is 0 Å². The van der Waals surface area contributed by atoms with Crippen LogP contribution in [0.4, 0.5) is 0 Å². The molecule has 0 bridgehead atoms. The summed E-state index contributed by atoms with van der Waals surface area (Å²) >= 11 is 0.